The molecule has 0 unspecified atom stereocenters. The van der Waals surface area contributed by atoms with Crippen molar-refractivity contribution in [2.75, 3.05) is 0 Å². The molecule has 11 aromatic rings. The maximum atomic E-state index is 11.4. The van der Waals surface area contributed by atoms with E-state index in [0.717, 1.165) is 55.4 Å². The minimum absolute atomic E-state index is 0. The second-order valence-electron chi connectivity index (χ2n) is 16.5. The van der Waals surface area contributed by atoms with E-state index in [0.29, 0.717) is 39.3 Å². The molecule has 0 aliphatic rings. The van der Waals surface area contributed by atoms with Gasteiger partial charge < -0.3 is 9.52 Å². The standard InChI is InChI=1S/C58H42N3O2.Pt/c1-37-25-30-51(47(33-37)39-15-6-4-7-16-39)61-52-22-14-21-45(55(52)60-57(61)46-20-10-12-23-53(46)62)49-35-41(34-48-44-19-11-13-24-54(44)63-56(48)49)50-36-40(31-32-59-50)38-26-28-43(29-27-38)58(2,3)42-17-8-5-9-18-42;/h4-34,36,62H,1-3H3;/q-1;/i1D3;. The van der Waals surface area contributed by atoms with Gasteiger partial charge >= 0.3 is 0 Å². The van der Waals surface area contributed by atoms with Crippen molar-refractivity contribution in [3.05, 3.63) is 217 Å². The second-order valence-corrected chi connectivity index (χ2v) is 16.5. The van der Waals surface area contributed by atoms with Crippen molar-refractivity contribution < 1.29 is 34.7 Å². The van der Waals surface area contributed by atoms with Crippen molar-refractivity contribution in [1.29, 1.82) is 0 Å². The third kappa shape index (κ3) is 7.03. The number of aryl methyl sites for hydroxylation is 1. The van der Waals surface area contributed by atoms with E-state index in [1.165, 1.54) is 11.1 Å². The minimum atomic E-state index is -2.33. The fraction of sp³-hybridized carbons (Fsp3) is 0.0690. The van der Waals surface area contributed by atoms with Crippen LogP contribution < -0.4 is 0 Å². The van der Waals surface area contributed by atoms with Gasteiger partial charge in [-0.15, -0.1) is 12.1 Å². The molecule has 11 rings (SSSR count). The summed E-state index contributed by atoms with van der Waals surface area (Å²) in [6.45, 7) is 2.18. The van der Waals surface area contributed by atoms with Gasteiger partial charge in [-0.3, -0.25) is 9.55 Å². The van der Waals surface area contributed by atoms with Gasteiger partial charge in [0.1, 0.15) is 17.2 Å². The molecule has 0 saturated heterocycles. The first-order valence-electron chi connectivity index (χ1n) is 22.5. The molecule has 0 aliphatic carbocycles. The van der Waals surface area contributed by atoms with Crippen LogP contribution in [0.1, 0.15) is 34.7 Å². The Morgan fingerprint density at radius 1 is 0.625 bits per heavy atom. The summed E-state index contributed by atoms with van der Waals surface area (Å²) in [5, 5.41) is 13.3. The molecule has 8 aromatic carbocycles. The molecule has 0 saturated carbocycles. The Labute approximate surface area is 390 Å². The Kier molecular flexibility index (Phi) is 9.55. The molecule has 0 aliphatic heterocycles. The van der Waals surface area contributed by atoms with Gasteiger partial charge in [0.15, 0.2) is 0 Å². The van der Waals surface area contributed by atoms with Crippen LogP contribution in [0.5, 0.6) is 5.75 Å². The van der Waals surface area contributed by atoms with Crippen molar-refractivity contribution in [2.45, 2.75) is 26.1 Å². The number of aromatic nitrogens is 3. The molecule has 64 heavy (non-hydrogen) atoms. The van der Waals surface area contributed by atoms with Gasteiger partial charge in [-0.05, 0) is 82.5 Å². The van der Waals surface area contributed by atoms with Crippen molar-refractivity contribution in [3.8, 4) is 67.5 Å². The van der Waals surface area contributed by atoms with Crippen LogP contribution in [-0.4, -0.2) is 19.6 Å². The van der Waals surface area contributed by atoms with E-state index in [9.17, 15) is 5.11 Å². The quantitative estimate of drug-likeness (QED) is 0.154. The van der Waals surface area contributed by atoms with Crippen molar-refractivity contribution in [2.24, 2.45) is 0 Å². The summed E-state index contributed by atoms with van der Waals surface area (Å²) in [5.74, 6) is 0.545. The number of pyridine rings is 1. The van der Waals surface area contributed by atoms with Crippen molar-refractivity contribution in [3.63, 3.8) is 0 Å². The van der Waals surface area contributed by atoms with Crippen LogP contribution in [0.25, 0.3) is 94.7 Å². The molecule has 0 amide bonds. The third-order valence-corrected chi connectivity index (χ3v) is 12.3. The van der Waals surface area contributed by atoms with Crippen molar-refractivity contribution in [1.82, 2.24) is 14.5 Å². The van der Waals surface area contributed by atoms with E-state index in [1.54, 1.807) is 24.3 Å². The largest absolute Gasteiger partial charge is 0.507 e. The van der Waals surface area contributed by atoms with E-state index in [-0.39, 0.29) is 37.8 Å². The summed E-state index contributed by atoms with van der Waals surface area (Å²) in [6.07, 6.45) is 1.85. The van der Waals surface area contributed by atoms with E-state index in [1.807, 2.05) is 108 Å². The molecule has 3 aromatic heterocycles. The Balaban J connectivity index is 0.00000525. The Bertz CT molecular complexity index is 3620. The molecular formula is C58H42N3O2Pt-. The van der Waals surface area contributed by atoms with Crippen LogP contribution in [0.3, 0.4) is 0 Å². The monoisotopic (exact) mass is 1010 g/mol. The predicted molar refractivity (Wildman–Crippen MR) is 257 cm³/mol. The van der Waals surface area contributed by atoms with Gasteiger partial charge in [0.25, 0.3) is 0 Å². The molecule has 1 N–H and O–H groups in total. The molecule has 3 heterocycles. The SMILES string of the molecule is [2H]C([2H])([2H])c1ccc(-n2c(-c3ccccc3O)nc3c(-c4[c-]c(-c5cc(-c6ccc(C(C)(C)c7ccccc7)cc6)ccn5)cc5c4oc4ccccc45)cccc32)c(-c2ccccc2)c1.[Pt]. The molecule has 5 nitrogen and oxygen atoms in total. The number of hydrogen-bond acceptors (Lipinski definition) is 4. The summed E-state index contributed by atoms with van der Waals surface area (Å²) in [5.41, 5.74) is 13.2. The fourth-order valence-electron chi connectivity index (χ4n) is 8.92. The van der Waals surface area contributed by atoms with Gasteiger partial charge in [0.2, 0.25) is 0 Å². The Morgan fingerprint density at radius 2 is 1.34 bits per heavy atom. The number of phenols is 1. The number of para-hydroxylation sites is 3. The molecule has 0 fully saturated rings. The zero-order valence-electron chi connectivity index (χ0n) is 38.0. The minimum Gasteiger partial charge on any atom is -0.507 e. The van der Waals surface area contributed by atoms with Gasteiger partial charge in [-0.2, -0.15) is 0 Å². The number of benzene rings is 8. The molecular weight excluding hydrogens is 966 g/mol. The number of fused-ring (bicyclic) bond motifs is 4. The van der Waals surface area contributed by atoms with Crippen LogP contribution in [0, 0.1) is 12.9 Å². The number of phenolic OH excluding ortho intramolecular Hbond substituents is 1. The first kappa shape index (κ1) is 37.2. The number of nitrogens with zero attached hydrogens (tertiary/aromatic N) is 3. The zero-order valence-corrected chi connectivity index (χ0v) is 37.3. The van der Waals surface area contributed by atoms with Crippen LogP contribution in [0.15, 0.2) is 199 Å². The molecule has 0 spiro atoms. The second kappa shape index (κ2) is 16.4. The Hall–Kier alpha value is -7.33. The molecule has 312 valence electrons. The third-order valence-electron chi connectivity index (χ3n) is 12.3. The normalized spacial score (nSPS) is 12.5. The number of rotatable bonds is 8. The molecule has 6 heteroatoms. The maximum Gasteiger partial charge on any atom is 0.148 e. The molecule has 0 bridgehead atoms. The first-order chi connectivity index (χ1) is 32.0. The maximum absolute atomic E-state index is 11.4. The smallest absolute Gasteiger partial charge is 0.148 e. The van der Waals surface area contributed by atoms with Crippen LogP contribution >= 0.6 is 0 Å². The first-order valence-corrected chi connectivity index (χ1v) is 21.0. The summed E-state index contributed by atoms with van der Waals surface area (Å²) in [6, 6.07) is 65.5. The number of hydrogen-bond donors (Lipinski definition) is 1. The van der Waals surface area contributed by atoms with Gasteiger partial charge in [-0.25, -0.2) is 4.98 Å². The van der Waals surface area contributed by atoms with Crippen LogP contribution in [0.2, 0.25) is 0 Å². The number of imidazole rings is 1. The number of furan rings is 1. The topological polar surface area (TPSA) is 64.1 Å². The Morgan fingerprint density at radius 3 is 2.14 bits per heavy atom. The van der Waals surface area contributed by atoms with Gasteiger partial charge in [0.05, 0.1) is 27.9 Å². The van der Waals surface area contributed by atoms with E-state index in [2.05, 4.69) is 86.6 Å². The van der Waals surface area contributed by atoms with E-state index >= 15 is 0 Å². The summed E-state index contributed by atoms with van der Waals surface area (Å²) in [7, 11) is 0. The van der Waals surface area contributed by atoms with E-state index < -0.39 is 6.85 Å². The predicted octanol–water partition coefficient (Wildman–Crippen LogP) is 14.8. The fourth-order valence-corrected chi connectivity index (χ4v) is 8.92. The molecule has 0 atom stereocenters. The van der Waals surface area contributed by atoms with Gasteiger partial charge in [-0.1, -0.05) is 176 Å². The summed E-state index contributed by atoms with van der Waals surface area (Å²) < 4.78 is 33.6. The van der Waals surface area contributed by atoms with Gasteiger partial charge in [0, 0.05) is 53.4 Å². The summed E-state index contributed by atoms with van der Waals surface area (Å²) >= 11 is 0. The van der Waals surface area contributed by atoms with Crippen LogP contribution in [0.4, 0.5) is 0 Å². The van der Waals surface area contributed by atoms with E-state index in [4.69, 9.17) is 18.5 Å². The van der Waals surface area contributed by atoms with Crippen LogP contribution in [-0.2, 0) is 26.5 Å². The van der Waals surface area contributed by atoms with Crippen molar-refractivity contribution >= 4 is 33.0 Å². The zero-order chi connectivity index (χ0) is 45.2. The number of aromatic hydroxyl groups is 1. The average molecular weight is 1010 g/mol. The average Bonchev–Trinajstić information content (AvgIpc) is 3.93. The molecule has 0 radical (unpaired) electrons. The summed E-state index contributed by atoms with van der Waals surface area (Å²) in [4.78, 5) is 10.3.